The van der Waals surface area contributed by atoms with E-state index in [0.29, 0.717) is 22.9 Å². The molecule has 2 aliphatic rings. The van der Waals surface area contributed by atoms with Crippen LogP contribution in [0.3, 0.4) is 0 Å². The van der Waals surface area contributed by atoms with Gasteiger partial charge in [0, 0.05) is 38.2 Å². The van der Waals surface area contributed by atoms with E-state index in [4.69, 9.17) is 30.6 Å². The normalized spacial score (nSPS) is 24.4. The number of thiophene rings is 1. The number of alkyl halides is 1. The van der Waals surface area contributed by atoms with Gasteiger partial charge < -0.3 is 28.8 Å². The number of ether oxygens (including phenoxy) is 1. The smallest absolute Gasteiger partial charge is 0.340 e. The van der Waals surface area contributed by atoms with Crippen LogP contribution in [-0.4, -0.2) is 58.5 Å². The number of rotatable bonds is 10. The molecule has 2 aromatic heterocycles. The van der Waals surface area contributed by atoms with Crippen molar-refractivity contribution < 1.29 is 37.5 Å². The molecule has 14 heteroatoms. The van der Waals surface area contributed by atoms with E-state index < -0.39 is 40.0 Å². The third kappa shape index (κ3) is 6.20. The minimum absolute atomic E-state index is 0.199. The largest absolute Gasteiger partial charge is 0.379 e. The zero-order valence-electron chi connectivity index (χ0n) is 18.5. The van der Waals surface area contributed by atoms with E-state index in [-0.39, 0.29) is 11.6 Å². The van der Waals surface area contributed by atoms with E-state index in [1.54, 1.807) is 5.38 Å². The first-order valence-corrected chi connectivity index (χ1v) is 15.8. The zero-order chi connectivity index (χ0) is 24.7. The fraction of sp³-hybridized carbons (Fsp3) is 0.650. The summed E-state index contributed by atoms with van der Waals surface area (Å²) in [7, 11) is -8.01. The average molecular weight is 557 g/mol. The minimum Gasteiger partial charge on any atom is -0.379 e. The second kappa shape index (κ2) is 10.4. The van der Waals surface area contributed by atoms with Crippen molar-refractivity contribution in [2.45, 2.75) is 38.0 Å². The fourth-order valence-corrected chi connectivity index (χ4v) is 8.80. The lowest BCUT2D eigenvalue weighted by molar-refractivity contribution is 0.0312. The van der Waals surface area contributed by atoms with Gasteiger partial charge in [0.15, 0.2) is 5.90 Å². The second-order valence-electron chi connectivity index (χ2n) is 8.99. The van der Waals surface area contributed by atoms with Crippen molar-refractivity contribution in [3.63, 3.8) is 0 Å². The molecule has 0 radical (unpaired) electrons. The van der Waals surface area contributed by atoms with Crippen molar-refractivity contribution in [3.05, 3.63) is 22.2 Å². The quantitative estimate of drug-likeness (QED) is 0.275. The highest BCUT2D eigenvalue weighted by Gasteiger charge is 2.37. The van der Waals surface area contributed by atoms with E-state index in [0.717, 1.165) is 23.5 Å². The molecule has 0 spiro atoms. The lowest BCUT2D eigenvalue weighted by Gasteiger charge is -2.21. The van der Waals surface area contributed by atoms with Gasteiger partial charge in [-0.3, -0.25) is 9.13 Å². The first-order chi connectivity index (χ1) is 16.0. The molecule has 9 nitrogen and oxygen atoms in total. The second-order valence-corrected chi connectivity index (χ2v) is 14.2. The van der Waals surface area contributed by atoms with Crippen LogP contribution in [-0.2, 0) is 18.4 Å². The molecule has 0 aromatic carbocycles. The van der Waals surface area contributed by atoms with Crippen molar-refractivity contribution >= 4 is 54.0 Å². The van der Waals surface area contributed by atoms with Gasteiger partial charge in [-0.25, -0.2) is 9.37 Å². The molecule has 1 saturated carbocycles. The molecule has 1 saturated heterocycles. The fourth-order valence-electron chi connectivity index (χ4n) is 4.93. The van der Waals surface area contributed by atoms with E-state index in [1.165, 1.54) is 37.7 Å². The topological polar surface area (TPSA) is 129 Å². The van der Waals surface area contributed by atoms with Gasteiger partial charge in [0.25, 0.3) is 0 Å². The van der Waals surface area contributed by atoms with Crippen molar-refractivity contribution in [2.75, 3.05) is 37.6 Å². The highest BCUT2D eigenvalue weighted by atomic mass is 35.5. The first-order valence-electron chi connectivity index (χ1n) is 11.0. The minimum atomic E-state index is -4.75. The van der Waals surface area contributed by atoms with Crippen LogP contribution >= 0.6 is 38.1 Å². The summed E-state index contributed by atoms with van der Waals surface area (Å²) in [4.78, 5) is 34.2. The molecule has 0 bridgehead atoms. The monoisotopic (exact) mass is 556 g/mol. The summed E-state index contributed by atoms with van der Waals surface area (Å²) < 4.78 is 49.1. The predicted molar refractivity (Wildman–Crippen MR) is 130 cm³/mol. The molecule has 3 heterocycles. The Balaban J connectivity index is 1.48. The molecule has 5 atom stereocenters. The Morgan fingerprint density at radius 2 is 1.97 bits per heavy atom. The summed E-state index contributed by atoms with van der Waals surface area (Å²) in [5, 5.41) is 1.99. The number of anilines is 1. The van der Waals surface area contributed by atoms with Crippen molar-refractivity contribution in [3.8, 4) is 0 Å². The van der Waals surface area contributed by atoms with Crippen LogP contribution in [0.2, 0.25) is 5.15 Å². The third-order valence-corrected chi connectivity index (χ3v) is 11.2. The number of nitrogens with zero attached hydrogens (tertiary/aromatic N) is 2. The first kappa shape index (κ1) is 26.5. The molecular formula is C20H28ClFN2O7P2S. The maximum Gasteiger partial charge on any atom is 0.340 e. The van der Waals surface area contributed by atoms with Gasteiger partial charge in [-0.1, -0.05) is 18.0 Å². The van der Waals surface area contributed by atoms with E-state index in [1.807, 2.05) is 6.07 Å². The highest BCUT2D eigenvalue weighted by Crippen LogP contribution is 2.55. The van der Waals surface area contributed by atoms with Crippen molar-refractivity contribution in [1.29, 1.82) is 0 Å². The molecule has 4 rings (SSSR count). The maximum absolute atomic E-state index is 15.4. The van der Waals surface area contributed by atoms with E-state index in [9.17, 15) is 14.0 Å². The zero-order valence-corrected chi connectivity index (χ0v) is 21.9. The van der Waals surface area contributed by atoms with Gasteiger partial charge in [-0.05, 0) is 30.1 Å². The Morgan fingerprint density at radius 3 is 2.59 bits per heavy atom. The van der Waals surface area contributed by atoms with Crippen LogP contribution < -0.4 is 4.90 Å². The number of pyridine rings is 1. The number of halogens is 2. The number of methoxy groups -OCH3 is 1. The highest BCUT2D eigenvalue weighted by molar-refractivity contribution is 7.70. The Hall–Kier alpha value is -0.610. The number of hydrogen-bond donors (Lipinski definition) is 3. The summed E-state index contributed by atoms with van der Waals surface area (Å²) >= 11 is 7.72. The Labute approximate surface area is 205 Å². The summed E-state index contributed by atoms with van der Waals surface area (Å²) in [5.74, 6) is 0.0606. The van der Waals surface area contributed by atoms with E-state index in [2.05, 4.69) is 9.88 Å². The molecular weight excluding hydrogens is 529 g/mol. The molecule has 3 N–H and O–H groups in total. The number of hydrogen-bond acceptors (Lipinski definition) is 7. The average Bonchev–Trinajstić information content (AvgIpc) is 3.42. The number of fused-ring (bicyclic) bond motifs is 2. The van der Waals surface area contributed by atoms with Crippen molar-refractivity contribution in [1.82, 2.24) is 4.98 Å². The van der Waals surface area contributed by atoms with Gasteiger partial charge >= 0.3 is 15.2 Å². The van der Waals surface area contributed by atoms with Crippen LogP contribution in [0, 0.1) is 11.8 Å². The van der Waals surface area contributed by atoms with Crippen LogP contribution in [0.15, 0.2) is 11.4 Å². The molecule has 2 fully saturated rings. The van der Waals surface area contributed by atoms with Gasteiger partial charge in [0.1, 0.15) is 11.3 Å². The maximum atomic E-state index is 15.4. The van der Waals surface area contributed by atoms with Gasteiger partial charge in [-0.15, -0.1) is 11.3 Å². The lowest BCUT2D eigenvalue weighted by Crippen LogP contribution is -2.21. The lowest BCUT2D eigenvalue weighted by atomic mass is 10.0. The van der Waals surface area contributed by atoms with Crippen LogP contribution in [0.5, 0.6) is 0 Å². The summed E-state index contributed by atoms with van der Waals surface area (Å²) in [5.41, 5.74) is 1.81. The molecule has 1 aliphatic carbocycles. The summed E-state index contributed by atoms with van der Waals surface area (Å²) in [6.45, 7) is 1.43. The molecule has 34 heavy (non-hydrogen) atoms. The van der Waals surface area contributed by atoms with E-state index >= 15 is 4.39 Å². The Bertz CT molecular complexity index is 1120. The standard InChI is InChI=1S/C20H28ClFN2O7P2S/c1-30-14(9-31-33(28,29)11-32(25,26)27)5-16(22)15-10-34-20-17(6-18(21)23-19(15)20)24-7-12-3-2-4-13(12)8-24/h6,10,12-14,16H,2-5,7-9,11H2,1H3,(H,28,29)(H2,25,26,27)/t12?,13?,14-,16-/m0/s1. The molecule has 0 amide bonds. The van der Waals surface area contributed by atoms with Gasteiger partial charge in [-0.2, -0.15) is 0 Å². The van der Waals surface area contributed by atoms with Crippen LogP contribution in [0.1, 0.15) is 37.4 Å². The number of aromatic nitrogens is 1. The summed E-state index contributed by atoms with van der Waals surface area (Å²) in [6, 6.07) is 1.84. The van der Waals surface area contributed by atoms with Crippen LogP contribution in [0.25, 0.3) is 10.2 Å². The Morgan fingerprint density at radius 1 is 1.29 bits per heavy atom. The SMILES string of the molecule is CO[C@H](COP(=O)(O)CP(=O)(O)O)C[C@H](F)c1csc2c(N3CC4CCCC4C3)cc(Cl)nc12. The Kier molecular flexibility index (Phi) is 8.09. The van der Waals surface area contributed by atoms with Gasteiger partial charge in [0.2, 0.25) is 0 Å². The van der Waals surface area contributed by atoms with Crippen LogP contribution in [0.4, 0.5) is 10.1 Å². The van der Waals surface area contributed by atoms with Gasteiger partial charge in [0.05, 0.1) is 28.6 Å². The predicted octanol–water partition coefficient (Wildman–Crippen LogP) is 4.94. The third-order valence-electron chi connectivity index (χ3n) is 6.53. The van der Waals surface area contributed by atoms with Crippen molar-refractivity contribution in [2.24, 2.45) is 11.8 Å². The molecule has 1 aliphatic heterocycles. The summed E-state index contributed by atoms with van der Waals surface area (Å²) in [6.07, 6.45) is 1.12. The molecule has 2 aromatic rings. The molecule has 190 valence electrons. The molecule has 3 unspecified atom stereocenters.